The van der Waals surface area contributed by atoms with Crippen molar-refractivity contribution in [3.8, 4) is 0 Å². The summed E-state index contributed by atoms with van der Waals surface area (Å²) in [7, 11) is 1.00. The number of nitrogens with two attached hydrogens (primary N) is 1. The second-order valence-corrected chi connectivity index (χ2v) is 3.22. The van der Waals surface area contributed by atoms with Crippen LogP contribution >= 0.6 is 0 Å². The molecule has 2 rings (SSSR count). The number of hydrogen-bond donors (Lipinski definition) is 3. The predicted molar refractivity (Wildman–Crippen MR) is 62.7 cm³/mol. The van der Waals surface area contributed by atoms with Gasteiger partial charge in [-0.25, -0.2) is 0 Å². The van der Waals surface area contributed by atoms with Gasteiger partial charge >= 0.3 is 0 Å². The van der Waals surface area contributed by atoms with Crippen molar-refractivity contribution in [3.63, 3.8) is 0 Å². The van der Waals surface area contributed by atoms with Gasteiger partial charge in [-0.1, -0.05) is 32.1 Å². The van der Waals surface area contributed by atoms with Crippen molar-refractivity contribution in [2.45, 2.75) is 32.1 Å². The summed E-state index contributed by atoms with van der Waals surface area (Å²) >= 11 is 0. The Morgan fingerprint density at radius 3 is 1.93 bits per heavy atom. The molecule has 4 nitrogen and oxygen atoms in total. The van der Waals surface area contributed by atoms with Gasteiger partial charge in [-0.2, -0.15) is 0 Å². The lowest BCUT2D eigenvalue weighted by Crippen LogP contribution is -2.08. The molecule has 0 aliphatic heterocycles. The first-order valence-electron chi connectivity index (χ1n) is 5.18. The molecular weight excluding hydrogens is 192 g/mol. The molecule has 1 fully saturated rings. The van der Waals surface area contributed by atoms with Crippen LogP contribution in [0.2, 0.25) is 0 Å². The van der Waals surface area contributed by atoms with Crippen LogP contribution in [0, 0.1) is 0 Å². The molecule has 0 unspecified atom stereocenters. The molecule has 0 atom stereocenters. The minimum atomic E-state index is -0.229. The Kier molecular flexibility index (Phi) is 8.47. The van der Waals surface area contributed by atoms with Gasteiger partial charge in [0.2, 0.25) is 0 Å². The third-order valence-corrected chi connectivity index (χ3v) is 2.10. The molecule has 4 heteroatoms. The van der Waals surface area contributed by atoms with E-state index in [0.717, 1.165) is 7.11 Å². The Balaban J connectivity index is 0.000000241. The summed E-state index contributed by atoms with van der Waals surface area (Å²) in [6, 6.07) is 3.23. The molecule has 1 aromatic rings. The number of aromatic amines is 1. The van der Waals surface area contributed by atoms with E-state index in [1.54, 1.807) is 18.3 Å². The van der Waals surface area contributed by atoms with E-state index in [-0.39, 0.29) is 11.2 Å². The van der Waals surface area contributed by atoms with Crippen LogP contribution in [0.5, 0.6) is 0 Å². The lowest BCUT2D eigenvalue weighted by atomic mass is 10.4. The highest BCUT2D eigenvalue weighted by Crippen LogP contribution is 2.15. The van der Waals surface area contributed by atoms with Crippen molar-refractivity contribution in [1.82, 2.24) is 4.98 Å². The van der Waals surface area contributed by atoms with E-state index in [2.05, 4.69) is 4.98 Å². The Morgan fingerprint density at radius 2 is 1.67 bits per heavy atom. The van der Waals surface area contributed by atoms with Crippen LogP contribution < -0.4 is 11.3 Å². The summed E-state index contributed by atoms with van der Waals surface area (Å²) in [5, 5.41) is 7.00. The van der Waals surface area contributed by atoms with E-state index < -0.39 is 0 Å². The quantitative estimate of drug-likeness (QED) is 0.610. The van der Waals surface area contributed by atoms with E-state index in [1.807, 2.05) is 0 Å². The van der Waals surface area contributed by atoms with E-state index in [9.17, 15) is 4.79 Å². The normalized spacial score (nSPS) is 13.2. The highest BCUT2D eigenvalue weighted by atomic mass is 16.2. The Bertz CT molecular complexity index is 285. The van der Waals surface area contributed by atoms with E-state index in [1.165, 1.54) is 32.1 Å². The molecule has 0 saturated heterocycles. The number of hydrogen-bond acceptors (Lipinski definition) is 3. The number of aliphatic hydroxyl groups excluding tert-OH is 1. The van der Waals surface area contributed by atoms with Gasteiger partial charge in [0.15, 0.2) is 0 Å². The molecular formula is C11H20N2O2. The van der Waals surface area contributed by atoms with Crippen molar-refractivity contribution in [1.29, 1.82) is 0 Å². The first kappa shape index (κ1) is 13.7. The van der Waals surface area contributed by atoms with Gasteiger partial charge in [0.05, 0.1) is 5.69 Å². The van der Waals surface area contributed by atoms with Gasteiger partial charge in [-0.3, -0.25) is 4.79 Å². The SMILES string of the molecule is C1CCCC1.CO.Nc1ccc[nH]c1=O. The molecule has 1 aliphatic carbocycles. The largest absolute Gasteiger partial charge is 0.400 e. The Hall–Kier alpha value is -1.29. The summed E-state index contributed by atoms with van der Waals surface area (Å²) in [6.45, 7) is 0. The van der Waals surface area contributed by atoms with Crippen LogP contribution in [0.3, 0.4) is 0 Å². The van der Waals surface area contributed by atoms with Gasteiger partial charge < -0.3 is 15.8 Å². The van der Waals surface area contributed by atoms with Crippen molar-refractivity contribution in [3.05, 3.63) is 28.7 Å². The van der Waals surface area contributed by atoms with Crippen LogP contribution in [-0.2, 0) is 0 Å². The van der Waals surface area contributed by atoms with Gasteiger partial charge in [0.25, 0.3) is 5.56 Å². The lowest BCUT2D eigenvalue weighted by molar-refractivity contribution is 0.399. The second-order valence-electron chi connectivity index (χ2n) is 3.22. The zero-order chi connectivity index (χ0) is 11.5. The smallest absolute Gasteiger partial charge is 0.271 e. The van der Waals surface area contributed by atoms with Gasteiger partial charge in [0.1, 0.15) is 0 Å². The lowest BCUT2D eigenvalue weighted by Gasteiger charge is -1.84. The number of pyridine rings is 1. The second kappa shape index (κ2) is 9.27. The Morgan fingerprint density at radius 1 is 1.20 bits per heavy atom. The van der Waals surface area contributed by atoms with Crippen LogP contribution in [-0.4, -0.2) is 17.2 Å². The summed E-state index contributed by atoms with van der Waals surface area (Å²) < 4.78 is 0. The number of rotatable bonds is 0. The number of anilines is 1. The number of H-pyrrole nitrogens is 1. The fraction of sp³-hybridized carbons (Fsp3) is 0.545. The molecule has 4 N–H and O–H groups in total. The minimum absolute atomic E-state index is 0.229. The van der Waals surface area contributed by atoms with Crippen molar-refractivity contribution in [2.24, 2.45) is 0 Å². The Labute approximate surface area is 90.1 Å². The van der Waals surface area contributed by atoms with Gasteiger partial charge in [0, 0.05) is 13.3 Å². The number of nitrogens with one attached hydrogen (secondary N) is 1. The van der Waals surface area contributed by atoms with Crippen LogP contribution in [0.1, 0.15) is 32.1 Å². The molecule has 0 aromatic carbocycles. The molecule has 0 bridgehead atoms. The van der Waals surface area contributed by atoms with Crippen molar-refractivity contribution < 1.29 is 5.11 Å². The number of aromatic nitrogens is 1. The zero-order valence-corrected chi connectivity index (χ0v) is 9.20. The maximum atomic E-state index is 10.4. The maximum Gasteiger partial charge on any atom is 0.271 e. The van der Waals surface area contributed by atoms with E-state index in [0.29, 0.717) is 0 Å². The molecule has 1 heterocycles. The average molecular weight is 212 g/mol. The third-order valence-electron chi connectivity index (χ3n) is 2.10. The fourth-order valence-electron chi connectivity index (χ4n) is 1.32. The summed E-state index contributed by atoms with van der Waals surface area (Å²) in [5.74, 6) is 0. The van der Waals surface area contributed by atoms with Crippen molar-refractivity contribution in [2.75, 3.05) is 12.8 Å². The fourth-order valence-corrected chi connectivity index (χ4v) is 1.32. The maximum absolute atomic E-state index is 10.4. The molecule has 0 spiro atoms. The molecule has 1 saturated carbocycles. The molecule has 1 aliphatic rings. The van der Waals surface area contributed by atoms with E-state index >= 15 is 0 Å². The van der Waals surface area contributed by atoms with Crippen LogP contribution in [0.4, 0.5) is 5.69 Å². The topological polar surface area (TPSA) is 79.1 Å². The first-order valence-corrected chi connectivity index (χ1v) is 5.18. The minimum Gasteiger partial charge on any atom is -0.400 e. The van der Waals surface area contributed by atoms with Gasteiger partial charge in [-0.15, -0.1) is 0 Å². The summed E-state index contributed by atoms with van der Waals surface area (Å²) in [4.78, 5) is 12.9. The predicted octanol–water partition coefficient (Wildman–Crippen LogP) is 1.52. The summed E-state index contributed by atoms with van der Waals surface area (Å²) in [6.07, 6.45) is 9.04. The van der Waals surface area contributed by atoms with E-state index in [4.69, 9.17) is 10.8 Å². The van der Waals surface area contributed by atoms with Crippen LogP contribution in [0.15, 0.2) is 23.1 Å². The monoisotopic (exact) mass is 212 g/mol. The van der Waals surface area contributed by atoms with Crippen molar-refractivity contribution >= 4 is 5.69 Å². The molecule has 1 aromatic heterocycles. The molecule has 0 radical (unpaired) electrons. The third kappa shape index (κ3) is 6.74. The average Bonchev–Trinajstić information content (AvgIpc) is 2.84. The molecule has 15 heavy (non-hydrogen) atoms. The number of aliphatic hydroxyl groups is 1. The summed E-state index contributed by atoms with van der Waals surface area (Å²) in [5.41, 5.74) is 5.20. The highest BCUT2D eigenvalue weighted by Gasteiger charge is 1.95. The first-order chi connectivity index (χ1) is 7.30. The molecule has 86 valence electrons. The van der Waals surface area contributed by atoms with Gasteiger partial charge in [-0.05, 0) is 12.1 Å². The standard InChI is InChI=1S/C5H6N2O.C5H10.CH4O/c6-4-2-1-3-7-5(4)8;1-2-4-5-3-1;1-2/h1-3H,6H2,(H,7,8);1-5H2;2H,1H3. The highest BCUT2D eigenvalue weighted by molar-refractivity contribution is 5.32. The molecule has 0 amide bonds. The zero-order valence-electron chi connectivity index (χ0n) is 9.20. The number of nitrogen functional groups attached to an aromatic ring is 1. The van der Waals surface area contributed by atoms with Crippen LogP contribution in [0.25, 0.3) is 0 Å².